The van der Waals surface area contributed by atoms with Gasteiger partial charge in [-0.05, 0) is 53.6 Å². The van der Waals surface area contributed by atoms with Gasteiger partial charge in [-0.2, -0.15) is 0 Å². The van der Waals surface area contributed by atoms with Crippen molar-refractivity contribution in [1.82, 2.24) is 0 Å². The van der Waals surface area contributed by atoms with Crippen LogP contribution in [0.15, 0.2) is 36.4 Å². The standard InChI is InChI=1S/C17H18ClNO/c1-20-16-10-14(7-8-15(16)18)17(19)13-6-5-11-3-2-4-12(11)9-13/h5-10,17H,2-4,19H2,1H3. The van der Waals surface area contributed by atoms with Crippen LogP contribution in [-0.2, 0) is 12.8 Å². The second-order valence-corrected chi connectivity index (χ2v) is 5.66. The Morgan fingerprint density at radius 2 is 1.75 bits per heavy atom. The lowest BCUT2D eigenvalue weighted by Gasteiger charge is -2.15. The summed E-state index contributed by atoms with van der Waals surface area (Å²) >= 11 is 6.06. The molecule has 104 valence electrons. The van der Waals surface area contributed by atoms with Gasteiger partial charge in [0.1, 0.15) is 5.75 Å². The molecule has 2 aromatic rings. The molecular weight excluding hydrogens is 270 g/mol. The lowest BCUT2D eigenvalue weighted by atomic mass is 9.96. The maximum absolute atomic E-state index is 6.39. The van der Waals surface area contributed by atoms with Crippen LogP contribution < -0.4 is 10.5 Å². The Labute approximate surface area is 124 Å². The normalized spacial score (nSPS) is 14.9. The molecule has 0 aliphatic heterocycles. The smallest absolute Gasteiger partial charge is 0.137 e. The molecule has 1 aliphatic carbocycles. The largest absolute Gasteiger partial charge is 0.495 e. The van der Waals surface area contributed by atoms with Gasteiger partial charge in [-0.25, -0.2) is 0 Å². The molecule has 1 unspecified atom stereocenters. The van der Waals surface area contributed by atoms with Gasteiger partial charge in [0, 0.05) is 0 Å². The third kappa shape index (κ3) is 2.41. The van der Waals surface area contributed by atoms with Gasteiger partial charge >= 0.3 is 0 Å². The fraction of sp³-hybridized carbons (Fsp3) is 0.294. The number of rotatable bonds is 3. The molecule has 1 aliphatic rings. The summed E-state index contributed by atoms with van der Waals surface area (Å²) in [4.78, 5) is 0. The molecule has 0 fully saturated rings. The fourth-order valence-corrected chi connectivity index (χ4v) is 3.04. The van der Waals surface area contributed by atoms with Crippen LogP contribution in [0.3, 0.4) is 0 Å². The number of nitrogens with two attached hydrogens (primary N) is 1. The lowest BCUT2D eigenvalue weighted by Crippen LogP contribution is -2.12. The molecule has 0 aromatic heterocycles. The summed E-state index contributed by atoms with van der Waals surface area (Å²) in [5.74, 6) is 0.667. The van der Waals surface area contributed by atoms with Crippen LogP contribution in [0.25, 0.3) is 0 Å². The number of fused-ring (bicyclic) bond motifs is 1. The summed E-state index contributed by atoms with van der Waals surface area (Å²) in [6.45, 7) is 0. The molecule has 3 heteroatoms. The van der Waals surface area contributed by atoms with Crippen LogP contribution in [0.5, 0.6) is 5.75 Å². The zero-order valence-corrected chi connectivity index (χ0v) is 12.3. The van der Waals surface area contributed by atoms with E-state index in [1.165, 1.54) is 30.4 Å². The van der Waals surface area contributed by atoms with E-state index >= 15 is 0 Å². The van der Waals surface area contributed by atoms with E-state index in [1.54, 1.807) is 7.11 Å². The van der Waals surface area contributed by atoms with Crippen LogP contribution in [0.2, 0.25) is 5.02 Å². The molecule has 2 N–H and O–H groups in total. The highest BCUT2D eigenvalue weighted by Crippen LogP contribution is 2.31. The van der Waals surface area contributed by atoms with Gasteiger partial charge in [-0.3, -0.25) is 0 Å². The van der Waals surface area contributed by atoms with E-state index < -0.39 is 0 Å². The van der Waals surface area contributed by atoms with Crippen molar-refractivity contribution in [3.63, 3.8) is 0 Å². The third-order valence-corrected chi connectivity index (χ3v) is 4.33. The first-order chi connectivity index (χ1) is 9.69. The predicted molar refractivity (Wildman–Crippen MR) is 82.5 cm³/mol. The molecule has 2 nitrogen and oxygen atoms in total. The van der Waals surface area contributed by atoms with Gasteiger partial charge in [0.15, 0.2) is 0 Å². The molecule has 3 rings (SSSR count). The molecule has 0 radical (unpaired) electrons. The molecule has 0 saturated heterocycles. The monoisotopic (exact) mass is 287 g/mol. The van der Waals surface area contributed by atoms with Crippen LogP contribution in [0, 0.1) is 0 Å². The van der Waals surface area contributed by atoms with Gasteiger partial charge in [-0.1, -0.05) is 35.9 Å². The molecule has 2 aromatic carbocycles. The summed E-state index contributed by atoms with van der Waals surface area (Å²) in [6, 6.07) is 12.2. The fourth-order valence-electron chi connectivity index (χ4n) is 2.85. The van der Waals surface area contributed by atoms with Crippen LogP contribution in [0.1, 0.15) is 34.7 Å². The van der Waals surface area contributed by atoms with Crippen molar-refractivity contribution in [1.29, 1.82) is 0 Å². The zero-order chi connectivity index (χ0) is 14.1. The van der Waals surface area contributed by atoms with Gasteiger partial charge < -0.3 is 10.5 Å². The lowest BCUT2D eigenvalue weighted by molar-refractivity contribution is 0.414. The minimum Gasteiger partial charge on any atom is -0.495 e. The summed E-state index contributed by atoms with van der Waals surface area (Å²) in [6.07, 6.45) is 3.61. The average molecular weight is 288 g/mol. The molecule has 0 spiro atoms. The maximum Gasteiger partial charge on any atom is 0.137 e. The number of aryl methyl sites for hydroxylation is 2. The van der Waals surface area contributed by atoms with Crippen LogP contribution >= 0.6 is 11.6 Å². The van der Waals surface area contributed by atoms with E-state index in [0.717, 1.165) is 11.1 Å². The van der Waals surface area contributed by atoms with Gasteiger partial charge in [0.05, 0.1) is 18.2 Å². The number of ether oxygens (including phenoxy) is 1. The predicted octanol–water partition coefficient (Wildman–Crippen LogP) is 3.89. The van der Waals surface area contributed by atoms with Crippen molar-refractivity contribution >= 4 is 11.6 Å². The minimum absolute atomic E-state index is 0.146. The Morgan fingerprint density at radius 1 is 1.05 bits per heavy atom. The Balaban J connectivity index is 1.94. The third-order valence-electron chi connectivity index (χ3n) is 4.02. The first kappa shape index (κ1) is 13.5. The maximum atomic E-state index is 6.39. The number of hydrogen-bond acceptors (Lipinski definition) is 2. The number of halogens is 1. The van der Waals surface area contributed by atoms with Crippen molar-refractivity contribution in [2.24, 2.45) is 5.73 Å². The Hall–Kier alpha value is -1.51. The van der Waals surface area contributed by atoms with Crippen molar-refractivity contribution in [3.8, 4) is 5.75 Å². The van der Waals surface area contributed by atoms with Crippen LogP contribution in [-0.4, -0.2) is 7.11 Å². The van der Waals surface area contributed by atoms with Gasteiger partial charge in [-0.15, -0.1) is 0 Å². The van der Waals surface area contributed by atoms with E-state index in [-0.39, 0.29) is 6.04 Å². The van der Waals surface area contributed by atoms with E-state index in [9.17, 15) is 0 Å². The highest BCUT2D eigenvalue weighted by molar-refractivity contribution is 6.32. The van der Waals surface area contributed by atoms with E-state index in [0.29, 0.717) is 10.8 Å². The molecule has 0 heterocycles. The summed E-state index contributed by atoms with van der Waals surface area (Å²) < 4.78 is 5.26. The summed E-state index contributed by atoms with van der Waals surface area (Å²) in [5, 5.41) is 0.609. The zero-order valence-electron chi connectivity index (χ0n) is 11.5. The van der Waals surface area contributed by atoms with Crippen LogP contribution in [0.4, 0.5) is 0 Å². The number of benzene rings is 2. The number of hydrogen-bond donors (Lipinski definition) is 1. The van der Waals surface area contributed by atoms with Gasteiger partial charge in [0.2, 0.25) is 0 Å². The van der Waals surface area contributed by atoms with Crippen molar-refractivity contribution in [2.45, 2.75) is 25.3 Å². The molecular formula is C17H18ClNO. The Morgan fingerprint density at radius 3 is 2.55 bits per heavy atom. The molecule has 1 atom stereocenters. The Kier molecular flexibility index (Phi) is 3.68. The summed E-state index contributed by atoms with van der Waals surface area (Å²) in [5.41, 5.74) is 11.5. The highest BCUT2D eigenvalue weighted by atomic mass is 35.5. The molecule has 0 bridgehead atoms. The molecule has 0 amide bonds. The van der Waals surface area contributed by atoms with E-state index in [4.69, 9.17) is 22.1 Å². The van der Waals surface area contributed by atoms with E-state index in [1.807, 2.05) is 18.2 Å². The molecule has 0 saturated carbocycles. The van der Waals surface area contributed by atoms with Crippen molar-refractivity contribution in [3.05, 3.63) is 63.7 Å². The van der Waals surface area contributed by atoms with Crippen molar-refractivity contribution in [2.75, 3.05) is 7.11 Å². The first-order valence-electron chi connectivity index (χ1n) is 6.90. The SMILES string of the molecule is COc1cc(C(N)c2ccc3c(c2)CCC3)ccc1Cl. The van der Waals surface area contributed by atoms with E-state index in [2.05, 4.69) is 18.2 Å². The molecule has 20 heavy (non-hydrogen) atoms. The minimum atomic E-state index is -0.146. The highest BCUT2D eigenvalue weighted by Gasteiger charge is 2.15. The second kappa shape index (κ2) is 5.47. The average Bonchev–Trinajstić information content (AvgIpc) is 2.94. The topological polar surface area (TPSA) is 35.2 Å². The quantitative estimate of drug-likeness (QED) is 0.930. The summed E-state index contributed by atoms with van der Waals surface area (Å²) in [7, 11) is 1.62. The van der Waals surface area contributed by atoms with Crippen molar-refractivity contribution < 1.29 is 4.74 Å². The first-order valence-corrected chi connectivity index (χ1v) is 7.27. The van der Waals surface area contributed by atoms with Gasteiger partial charge in [0.25, 0.3) is 0 Å². The number of methoxy groups -OCH3 is 1. The Bertz CT molecular complexity index is 628. The second-order valence-electron chi connectivity index (χ2n) is 5.25.